The van der Waals surface area contributed by atoms with Crippen LogP contribution in [0.2, 0.25) is 13.1 Å². The molecule has 0 aliphatic heterocycles. The Kier molecular flexibility index (Phi) is 9.50. The Morgan fingerprint density at radius 1 is 0.731 bits per heavy atom. The SMILES string of the molecule is C=CCCCCCCCCCO[Si](C)(C)c1c(F)c(F)c(F)c(F)c1F. The predicted molar refractivity (Wildman–Crippen MR) is 96.4 cm³/mol. The van der Waals surface area contributed by atoms with E-state index in [4.69, 9.17) is 4.43 Å². The Hall–Kier alpha value is -1.21. The van der Waals surface area contributed by atoms with Crippen LogP contribution in [0.25, 0.3) is 0 Å². The van der Waals surface area contributed by atoms with Gasteiger partial charge in [0, 0.05) is 11.8 Å². The second-order valence-corrected chi connectivity index (χ2v) is 10.7. The number of benzene rings is 1. The van der Waals surface area contributed by atoms with Gasteiger partial charge in [-0.1, -0.05) is 38.2 Å². The van der Waals surface area contributed by atoms with Crippen molar-refractivity contribution in [3.8, 4) is 0 Å². The van der Waals surface area contributed by atoms with Gasteiger partial charge in [-0.3, -0.25) is 0 Å². The minimum absolute atomic E-state index is 0.245. The molecule has 1 aromatic carbocycles. The number of hydrogen-bond donors (Lipinski definition) is 0. The average Bonchev–Trinajstić information content (AvgIpc) is 2.59. The van der Waals surface area contributed by atoms with Crippen molar-refractivity contribution in [2.75, 3.05) is 6.61 Å². The molecule has 1 nitrogen and oxygen atoms in total. The summed E-state index contributed by atoms with van der Waals surface area (Å²) >= 11 is 0. The first-order valence-corrected chi connectivity index (χ1v) is 11.9. The summed E-state index contributed by atoms with van der Waals surface area (Å²) in [6, 6.07) is 0. The monoisotopic (exact) mass is 394 g/mol. The average molecular weight is 394 g/mol. The van der Waals surface area contributed by atoms with Crippen molar-refractivity contribution in [3.63, 3.8) is 0 Å². The van der Waals surface area contributed by atoms with Gasteiger partial charge in [0.25, 0.3) is 0 Å². The van der Waals surface area contributed by atoms with E-state index in [9.17, 15) is 22.0 Å². The van der Waals surface area contributed by atoms with Gasteiger partial charge in [-0.25, -0.2) is 22.0 Å². The summed E-state index contributed by atoms with van der Waals surface area (Å²) < 4.78 is 73.3. The van der Waals surface area contributed by atoms with Crippen molar-refractivity contribution in [2.45, 2.75) is 64.5 Å². The topological polar surface area (TPSA) is 9.23 Å². The zero-order valence-corrected chi connectivity index (χ0v) is 16.4. The van der Waals surface area contributed by atoms with E-state index in [1.165, 1.54) is 19.5 Å². The molecule has 0 unspecified atom stereocenters. The van der Waals surface area contributed by atoms with Crippen LogP contribution in [0.4, 0.5) is 22.0 Å². The molecule has 0 saturated carbocycles. The molecule has 0 fully saturated rings. The summed E-state index contributed by atoms with van der Waals surface area (Å²) in [5.74, 6) is -9.53. The van der Waals surface area contributed by atoms with Gasteiger partial charge < -0.3 is 4.43 Å². The quantitative estimate of drug-likeness (QED) is 0.104. The third-order valence-corrected chi connectivity index (χ3v) is 6.90. The molecule has 1 aromatic rings. The standard InChI is InChI=1S/C19H27F5OSi/c1-4-5-6-7-8-9-10-11-12-13-25-26(2,3)19-17(23)15(21)14(20)16(22)18(19)24/h4H,1,5-13H2,2-3H3. The first kappa shape index (κ1) is 22.8. The lowest BCUT2D eigenvalue weighted by atomic mass is 10.1. The van der Waals surface area contributed by atoms with Crippen LogP contribution < -0.4 is 5.19 Å². The van der Waals surface area contributed by atoms with E-state index in [1.54, 1.807) is 0 Å². The van der Waals surface area contributed by atoms with Gasteiger partial charge in [-0.15, -0.1) is 6.58 Å². The molecule has 1 rings (SSSR count). The number of unbranched alkanes of at least 4 members (excludes halogenated alkanes) is 7. The lowest BCUT2D eigenvalue weighted by Gasteiger charge is -2.24. The predicted octanol–water partition coefficient (Wildman–Crippen LogP) is 6.12. The molecule has 0 aliphatic rings. The van der Waals surface area contributed by atoms with Gasteiger partial charge in [-0.2, -0.15) is 0 Å². The van der Waals surface area contributed by atoms with Crippen LogP contribution in [-0.4, -0.2) is 14.9 Å². The molecule has 0 amide bonds. The second kappa shape index (κ2) is 10.8. The number of allylic oxidation sites excluding steroid dienone is 1. The van der Waals surface area contributed by atoms with Crippen LogP contribution in [0.5, 0.6) is 0 Å². The van der Waals surface area contributed by atoms with Crippen LogP contribution in [0.1, 0.15) is 51.4 Å². The molecule has 0 N–H and O–H groups in total. The summed E-state index contributed by atoms with van der Waals surface area (Å²) in [7, 11) is -3.25. The summed E-state index contributed by atoms with van der Waals surface area (Å²) in [5, 5.41) is -0.795. The molecule has 0 heterocycles. The van der Waals surface area contributed by atoms with Crippen molar-refractivity contribution >= 4 is 13.5 Å². The second-order valence-electron chi connectivity index (χ2n) is 6.86. The molecule has 0 aromatic heterocycles. The molecular formula is C19H27F5OSi. The first-order chi connectivity index (χ1) is 12.2. The number of halogens is 5. The number of rotatable bonds is 12. The van der Waals surface area contributed by atoms with Crippen LogP contribution >= 0.6 is 0 Å². The van der Waals surface area contributed by atoms with Crippen LogP contribution in [-0.2, 0) is 4.43 Å². The Labute approximate surface area is 153 Å². The highest BCUT2D eigenvalue weighted by Crippen LogP contribution is 2.20. The highest BCUT2D eigenvalue weighted by atomic mass is 28.4. The van der Waals surface area contributed by atoms with E-state index < -0.39 is 42.6 Å². The molecule has 0 saturated heterocycles. The third-order valence-electron chi connectivity index (χ3n) is 4.33. The van der Waals surface area contributed by atoms with Gasteiger partial charge >= 0.3 is 0 Å². The van der Waals surface area contributed by atoms with E-state index >= 15 is 0 Å². The van der Waals surface area contributed by atoms with Gasteiger partial charge in [-0.05, 0) is 32.4 Å². The molecular weight excluding hydrogens is 367 g/mol. The minimum Gasteiger partial charge on any atom is -0.413 e. The smallest absolute Gasteiger partial charge is 0.224 e. The highest BCUT2D eigenvalue weighted by Gasteiger charge is 2.37. The van der Waals surface area contributed by atoms with Crippen LogP contribution in [0.3, 0.4) is 0 Å². The fourth-order valence-electron chi connectivity index (χ4n) is 2.81. The zero-order valence-electron chi connectivity index (χ0n) is 15.4. The molecule has 0 atom stereocenters. The van der Waals surface area contributed by atoms with E-state index in [-0.39, 0.29) is 6.61 Å². The molecule has 0 aliphatic carbocycles. The Morgan fingerprint density at radius 3 is 1.65 bits per heavy atom. The maximum atomic E-state index is 13.9. The first-order valence-electron chi connectivity index (χ1n) is 9.00. The summed E-state index contributed by atoms with van der Waals surface area (Å²) in [6.45, 7) is 6.79. The van der Waals surface area contributed by atoms with Crippen molar-refractivity contribution in [2.24, 2.45) is 0 Å². The molecule has 0 bridgehead atoms. The third kappa shape index (κ3) is 6.19. The van der Waals surface area contributed by atoms with Crippen LogP contribution in [0, 0.1) is 29.1 Å². The van der Waals surface area contributed by atoms with Gasteiger partial charge in [0.2, 0.25) is 14.1 Å². The van der Waals surface area contributed by atoms with Crippen molar-refractivity contribution in [1.29, 1.82) is 0 Å². The van der Waals surface area contributed by atoms with Crippen molar-refractivity contribution < 1.29 is 26.4 Å². The lowest BCUT2D eigenvalue weighted by Crippen LogP contribution is -2.50. The number of hydrogen-bond acceptors (Lipinski definition) is 1. The fraction of sp³-hybridized carbons (Fsp3) is 0.579. The lowest BCUT2D eigenvalue weighted by molar-refractivity contribution is 0.298. The summed E-state index contributed by atoms with van der Waals surface area (Å²) in [4.78, 5) is 0. The van der Waals surface area contributed by atoms with Gasteiger partial charge in [0.15, 0.2) is 23.3 Å². The Balaban J connectivity index is 2.47. The van der Waals surface area contributed by atoms with Gasteiger partial charge in [0.1, 0.15) is 0 Å². The summed E-state index contributed by atoms with van der Waals surface area (Å²) in [5.41, 5.74) is 0. The highest BCUT2D eigenvalue weighted by molar-refractivity contribution is 6.84. The minimum atomic E-state index is -3.25. The molecule has 7 heteroatoms. The summed E-state index contributed by atoms with van der Waals surface area (Å²) in [6.07, 6.45) is 10.1. The zero-order chi connectivity index (χ0) is 19.7. The molecule has 26 heavy (non-hydrogen) atoms. The fourth-order valence-corrected chi connectivity index (χ4v) is 4.88. The van der Waals surface area contributed by atoms with Crippen molar-refractivity contribution in [1.82, 2.24) is 0 Å². The van der Waals surface area contributed by atoms with Crippen LogP contribution in [0.15, 0.2) is 12.7 Å². The van der Waals surface area contributed by atoms with Crippen molar-refractivity contribution in [3.05, 3.63) is 41.7 Å². The van der Waals surface area contributed by atoms with E-state index in [2.05, 4.69) is 6.58 Å². The Bertz CT molecular complexity index is 575. The maximum absolute atomic E-state index is 13.9. The normalized spacial score (nSPS) is 11.8. The van der Waals surface area contributed by atoms with Gasteiger partial charge in [0.05, 0.1) is 0 Å². The molecule has 0 radical (unpaired) electrons. The molecule has 0 spiro atoms. The largest absolute Gasteiger partial charge is 0.413 e. The molecule has 148 valence electrons. The van der Waals surface area contributed by atoms with E-state index in [0.29, 0.717) is 6.42 Å². The maximum Gasteiger partial charge on any atom is 0.224 e. The van der Waals surface area contributed by atoms with E-state index in [0.717, 1.165) is 38.5 Å². The Morgan fingerprint density at radius 2 is 1.15 bits per heavy atom. The van der Waals surface area contributed by atoms with E-state index in [1.807, 2.05) is 6.08 Å².